The van der Waals surface area contributed by atoms with E-state index < -0.39 is 59.8 Å². The van der Waals surface area contributed by atoms with Gasteiger partial charge in [0.25, 0.3) is 0 Å². The Kier molecular flexibility index (Phi) is 10.8. The van der Waals surface area contributed by atoms with Crippen molar-refractivity contribution in [2.45, 2.75) is 88.7 Å². The predicted molar refractivity (Wildman–Crippen MR) is 172 cm³/mol. The zero-order valence-electron chi connectivity index (χ0n) is 28.0. The summed E-state index contributed by atoms with van der Waals surface area (Å²) in [5.74, 6) is -0.933. The lowest BCUT2D eigenvalue weighted by Gasteiger charge is -2.42. The summed E-state index contributed by atoms with van der Waals surface area (Å²) in [6.07, 6.45) is 1.53. The summed E-state index contributed by atoms with van der Waals surface area (Å²) < 4.78 is 29.0. The van der Waals surface area contributed by atoms with E-state index in [2.05, 4.69) is 5.32 Å². The molecule has 46 heavy (non-hydrogen) atoms. The fourth-order valence-corrected chi connectivity index (χ4v) is 6.37. The summed E-state index contributed by atoms with van der Waals surface area (Å²) in [4.78, 5) is 43.0. The highest BCUT2D eigenvalue weighted by atomic mass is 35.5. The molecule has 3 heterocycles. The maximum absolute atomic E-state index is 13.9. The summed E-state index contributed by atoms with van der Waals surface area (Å²) in [5.41, 5.74) is -0.642. The lowest BCUT2D eigenvalue weighted by Crippen LogP contribution is -2.63. The van der Waals surface area contributed by atoms with E-state index in [4.69, 9.17) is 35.3 Å². The Balaban J connectivity index is 1.80. The predicted octanol–water partition coefficient (Wildman–Crippen LogP) is 3.62. The van der Waals surface area contributed by atoms with E-state index in [-0.39, 0.29) is 23.8 Å². The molecule has 0 aromatic heterocycles. The first-order valence-electron chi connectivity index (χ1n) is 15.3. The van der Waals surface area contributed by atoms with Gasteiger partial charge in [-0.2, -0.15) is 0 Å². The zero-order chi connectivity index (χ0) is 34.1. The van der Waals surface area contributed by atoms with Crippen molar-refractivity contribution >= 4 is 35.3 Å². The molecule has 2 saturated heterocycles. The molecule has 2 fully saturated rings. The van der Waals surface area contributed by atoms with Gasteiger partial charge in [0.15, 0.2) is 5.72 Å². The molecule has 2 amide bonds. The fraction of sp³-hybridized carbons (Fsp3) is 0.606. The number of esters is 1. The summed E-state index contributed by atoms with van der Waals surface area (Å²) >= 11 is 6.71. The quantitative estimate of drug-likeness (QED) is 0.355. The molecule has 254 valence electrons. The number of rotatable bonds is 5. The second kappa shape index (κ2) is 13.9. The number of methoxy groups -OCH3 is 2. The van der Waals surface area contributed by atoms with Crippen LogP contribution >= 0.6 is 11.6 Å². The van der Waals surface area contributed by atoms with E-state index in [1.165, 1.54) is 19.1 Å². The van der Waals surface area contributed by atoms with Crippen molar-refractivity contribution in [2.75, 3.05) is 40.3 Å². The monoisotopic (exact) mass is 663 g/mol. The normalized spacial score (nSPS) is 34.4. The number of carbonyl (C=O) groups excluding carboxylic acids is 3. The molecular formula is C33H46ClN3O9. The van der Waals surface area contributed by atoms with Gasteiger partial charge in [0.05, 0.1) is 25.3 Å². The van der Waals surface area contributed by atoms with Crippen LogP contribution in [0.25, 0.3) is 0 Å². The number of nitrogens with one attached hydrogen (secondary N) is 1. The molecule has 4 rings (SSSR count). The molecular weight excluding hydrogens is 618 g/mol. The Hall–Kier alpha value is -3.16. The molecule has 1 aromatic rings. The van der Waals surface area contributed by atoms with E-state index >= 15 is 0 Å². The first-order valence-corrected chi connectivity index (χ1v) is 15.7. The van der Waals surface area contributed by atoms with Crippen LogP contribution in [-0.4, -0.2) is 105 Å². The molecule has 2 N–H and O–H groups in total. The molecule has 0 aliphatic carbocycles. The molecule has 0 saturated carbocycles. The first-order chi connectivity index (χ1) is 21.5. The van der Waals surface area contributed by atoms with Gasteiger partial charge >= 0.3 is 12.1 Å². The van der Waals surface area contributed by atoms with Gasteiger partial charge in [-0.05, 0) is 59.0 Å². The minimum atomic E-state index is -1.78. The van der Waals surface area contributed by atoms with Crippen molar-refractivity contribution in [3.8, 4) is 5.75 Å². The highest BCUT2D eigenvalue weighted by molar-refractivity contribution is 6.35. The van der Waals surface area contributed by atoms with Crippen LogP contribution in [0.2, 0.25) is 5.02 Å². The third-order valence-corrected chi connectivity index (χ3v) is 9.70. The molecule has 1 unspecified atom stereocenters. The number of hydrogen-bond acceptors (Lipinski definition) is 10. The topological polar surface area (TPSA) is 139 Å². The summed E-state index contributed by atoms with van der Waals surface area (Å²) in [6, 6.07) is 3.04. The number of ether oxygens (including phenoxy) is 5. The molecule has 4 bridgehead atoms. The largest absolute Gasteiger partial charge is 0.495 e. The molecule has 0 spiro atoms. The Labute approximate surface area is 275 Å². The van der Waals surface area contributed by atoms with Crippen LogP contribution in [0, 0.1) is 5.92 Å². The van der Waals surface area contributed by atoms with Crippen molar-refractivity contribution in [3.05, 3.63) is 46.5 Å². The number of allylic oxidation sites excluding steroid dienone is 3. The van der Waals surface area contributed by atoms with Gasteiger partial charge in [-0.25, -0.2) is 4.79 Å². The Morgan fingerprint density at radius 1 is 1.26 bits per heavy atom. The molecule has 8 atom stereocenters. The Morgan fingerprint density at radius 2 is 1.96 bits per heavy atom. The van der Waals surface area contributed by atoms with Crippen molar-refractivity contribution in [1.82, 2.24) is 10.2 Å². The number of anilines is 1. The maximum atomic E-state index is 13.9. The first kappa shape index (κ1) is 35.7. The Bertz CT molecular complexity index is 1400. The number of hydrogen-bond donors (Lipinski definition) is 2. The number of epoxide rings is 1. The molecule has 1 aromatic carbocycles. The number of fused-ring (bicyclic) bond motifs is 5. The van der Waals surface area contributed by atoms with Gasteiger partial charge in [-0.15, -0.1) is 0 Å². The molecule has 0 radical (unpaired) electrons. The molecule has 3 aliphatic rings. The van der Waals surface area contributed by atoms with Crippen molar-refractivity contribution < 1.29 is 43.2 Å². The van der Waals surface area contributed by atoms with Gasteiger partial charge in [-0.3, -0.25) is 19.8 Å². The van der Waals surface area contributed by atoms with Crippen molar-refractivity contribution in [3.63, 3.8) is 0 Å². The maximum Gasteiger partial charge on any atom is 0.409 e. The van der Waals surface area contributed by atoms with Crippen LogP contribution in [0.1, 0.15) is 46.1 Å². The van der Waals surface area contributed by atoms with Gasteiger partial charge < -0.3 is 33.7 Å². The lowest BCUT2D eigenvalue weighted by atomic mass is 9.83. The molecule has 3 aliphatic heterocycles. The summed E-state index contributed by atoms with van der Waals surface area (Å²) in [5, 5.41) is 14.4. The van der Waals surface area contributed by atoms with E-state index in [0.29, 0.717) is 17.9 Å². The fourth-order valence-electron chi connectivity index (χ4n) is 6.05. The molecule has 13 heteroatoms. The number of carbonyl (C=O) groups is 3. The van der Waals surface area contributed by atoms with Gasteiger partial charge in [0.2, 0.25) is 5.91 Å². The van der Waals surface area contributed by atoms with Crippen LogP contribution in [-0.2, 0) is 35.0 Å². The number of benzene rings is 1. The summed E-state index contributed by atoms with van der Waals surface area (Å²) in [6.45, 7) is 7.25. The average molecular weight is 664 g/mol. The molecule has 12 nitrogen and oxygen atoms in total. The van der Waals surface area contributed by atoms with E-state index in [1.807, 2.05) is 32.1 Å². The highest BCUT2D eigenvalue weighted by Gasteiger charge is 2.64. The standard InChI is InChI=1S/C33H46ClN3O9/c1-18-11-10-12-25(43-9)33(41)17-24(44-31(40)35-33)19(2)29-32(4,46-29)26(45-30(39)20(3)36(5)6)16-27(38)37(7)22-14-21(13-18)15-23(42-8)28(22)34/h10-12,14-15,19-20,24-26,29,41H,13,16-17H2,1-9H3,(H,35,40)/b12-10+,18-11+/t19-,20+,24+,25-,26+,29+,32+,33?/m1/s1. The third kappa shape index (κ3) is 7.36. The van der Waals surface area contributed by atoms with Gasteiger partial charge in [0, 0.05) is 26.5 Å². The van der Waals surface area contributed by atoms with Crippen LogP contribution in [0.3, 0.4) is 0 Å². The van der Waals surface area contributed by atoms with Crippen LogP contribution in [0.4, 0.5) is 10.5 Å². The minimum absolute atomic E-state index is 0.00466. The minimum Gasteiger partial charge on any atom is -0.495 e. The van der Waals surface area contributed by atoms with E-state index in [9.17, 15) is 19.5 Å². The van der Waals surface area contributed by atoms with E-state index in [0.717, 1.165) is 11.1 Å². The third-order valence-electron chi connectivity index (χ3n) is 9.32. The SMILES string of the molecule is COc1cc2cc(c1Cl)N(C)C(=O)C[C@H](OC(=O)[C@H](C)N(C)C)[C@]1(C)O[C@H]1[C@H](C)[C@@H]1CC(O)(NC(=O)O1)[C@H](OC)/C=C/C=C(\C)C2. The van der Waals surface area contributed by atoms with Gasteiger partial charge in [-0.1, -0.05) is 42.3 Å². The second-order valence-corrected chi connectivity index (χ2v) is 13.2. The van der Waals surface area contributed by atoms with Crippen molar-refractivity contribution in [2.24, 2.45) is 5.92 Å². The van der Waals surface area contributed by atoms with Crippen LogP contribution < -0.4 is 15.0 Å². The lowest BCUT2D eigenvalue weighted by molar-refractivity contribution is -0.158. The van der Waals surface area contributed by atoms with Gasteiger partial charge in [0.1, 0.15) is 40.7 Å². The van der Waals surface area contributed by atoms with Crippen LogP contribution in [0.5, 0.6) is 5.75 Å². The van der Waals surface area contributed by atoms with Crippen molar-refractivity contribution in [1.29, 1.82) is 0 Å². The number of nitrogens with zero attached hydrogens (tertiary/aromatic N) is 2. The Morgan fingerprint density at radius 3 is 2.59 bits per heavy atom. The average Bonchev–Trinajstić information content (AvgIpc) is 3.69. The van der Waals surface area contributed by atoms with E-state index in [1.54, 1.807) is 52.0 Å². The number of halogens is 1. The summed E-state index contributed by atoms with van der Waals surface area (Å²) in [7, 11) is 8.07. The number of amides is 2. The number of alkyl carbamates (subject to hydrolysis) is 1. The zero-order valence-corrected chi connectivity index (χ0v) is 28.7. The smallest absolute Gasteiger partial charge is 0.409 e. The highest BCUT2D eigenvalue weighted by Crippen LogP contribution is 2.49. The second-order valence-electron chi connectivity index (χ2n) is 12.9. The number of aliphatic hydroxyl groups is 1. The van der Waals surface area contributed by atoms with Crippen LogP contribution in [0.15, 0.2) is 35.9 Å². The number of likely N-dealkylation sites (N-methyl/N-ethyl adjacent to an activating group) is 1.